The van der Waals surface area contributed by atoms with Gasteiger partial charge in [-0.25, -0.2) is 4.99 Å². The van der Waals surface area contributed by atoms with Crippen LogP contribution in [-0.2, 0) is 9.53 Å². The first-order valence-electron chi connectivity index (χ1n) is 10.2. The molecule has 162 valence electrons. The molecular formula is C20H38IN5O2. The average molecular weight is 507 g/mol. The summed E-state index contributed by atoms with van der Waals surface area (Å²) in [6, 6.07) is 0. The molecule has 0 bridgehead atoms. The fourth-order valence-corrected chi connectivity index (χ4v) is 3.83. The van der Waals surface area contributed by atoms with Crippen LogP contribution in [0.25, 0.3) is 0 Å². The van der Waals surface area contributed by atoms with Gasteiger partial charge in [-0.3, -0.25) is 9.69 Å². The van der Waals surface area contributed by atoms with Gasteiger partial charge in [-0.2, -0.15) is 0 Å². The lowest BCUT2D eigenvalue weighted by Gasteiger charge is -2.42. The largest absolute Gasteiger partial charge is 0.379 e. The zero-order chi connectivity index (χ0) is 19.5. The number of hydrogen-bond donors (Lipinski definition) is 2. The third kappa shape index (κ3) is 8.65. The number of morpholine rings is 1. The molecule has 0 atom stereocenters. The number of carbonyl (C=O) groups excluding carboxylic acids is 1. The highest BCUT2D eigenvalue weighted by Crippen LogP contribution is 2.36. The Hall–Kier alpha value is -0.870. The molecule has 1 saturated carbocycles. The van der Waals surface area contributed by atoms with Gasteiger partial charge in [0.1, 0.15) is 6.54 Å². The van der Waals surface area contributed by atoms with Crippen LogP contribution >= 0.6 is 24.0 Å². The van der Waals surface area contributed by atoms with Gasteiger partial charge in [-0.15, -0.1) is 30.6 Å². The highest BCUT2D eigenvalue weighted by atomic mass is 127. The Bertz CT molecular complexity index is 501. The molecule has 1 heterocycles. The van der Waals surface area contributed by atoms with Crippen molar-refractivity contribution < 1.29 is 9.53 Å². The Morgan fingerprint density at radius 2 is 1.89 bits per heavy atom. The number of likely N-dealkylation sites (N-methyl/N-ethyl adjacent to an activating group) is 1. The van der Waals surface area contributed by atoms with Gasteiger partial charge in [0.05, 0.1) is 13.2 Å². The fraction of sp³-hybridized carbons (Fsp3) is 0.800. The number of ether oxygens (including phenoxy) is 1. The number of amides is 1. The number of nitrogens with one attached hydrogen (secondary N) is 2. The molecule has 0 aromatic rings. The molecule has 0 aromatic carbocycles. The predicted octanol–water partition coefficient (Wildman–Crippen LogP) is 1.70. The molecule has 0 aromatic heterocycles. The highest BCUT2D eigenvalue weighted by Gasteiger charge is 2.34. The van der Waals surface area contributed by atoms with Crippen LogP contribution in [0.15, 0.2) is 17.6 Å². The molecular weight excluding hydrogens is 469 g/mol. The Balaban J connectivity index is 0.00000392. The van der Waals surface area contributed by atoms with Crippen LogP contribution in [0.1, 0.15) is 32.1 Å². The number of rotatable bonds is 8. The molecule has 1 aliphatic heterocycles. The van der Waals surface area contributed by atoms with E-state index in [4.69, 9.17) is 4.74 Å². The van der Waals surface area contributed by atoms with Gasteiger partial charge < -0.3 is 20.3 Å². The van der Waals surface area contributed by atoms with Crippen LogP contribution in [0, 0.1) is 5.41 Å². The summed E-state index contributed by atoms with van der Waals surface area (Å²) in [4.78, 5) is 20.5. The minimum absolute atomic E-state index is 0. The summed E-state index contributed by atoms with van der Waals surface area (Å²) in [7, 11) is 3.50. The van der Waals surface area contributed by atoms with E-state index in [1.807, 2.05) is 0 Å². The molecule has 1 amide bonds. The standard InChI is InChI=1S/C20H37N5O2.HI/c1-4-10-21-19(22-15-18(26)24(2)3)23-16-20(8-6-5-7-9-20)17-25-11-13-27-14-12-25;/h4H,1,5-17H2,2-3H3,(H2,21,22,23);1H. The monoisotopic (exact) mass is 507 g/mol. The van der Waals surface area contributed by atoms with Crippen molar-refractivity contribution in [1.29, 1.82) is 0 Å². The maximum Gasteiger partial charge on any atom is 0.243 e. The van der Waals surface area contributed by atoms with Gasteiger partial charge in [0.15, 0.2) is 5.96 Å². The summed E-state index contributed by atoms with van der Waals surface area (Å²) in [5.41, 5.74) is 0.262. The normalized spacial score (nSPS) is 20.0. The van der Waals surface area contributed by atoms with E-state index in [1.165, 1.54) is 32.1 Å². The molecule has 2 fully saturated rings. The van der Waals surface area contributed by atoms with Crippen molar-refractivity contribution in [3.63, 3.8) is 0 Å². The van der Waals surface area contributed by atoms with Gasteiger partial charge in [0, 0.05) is 52.2 Å². The third-order valence-corrected chi connectivity index (χ3v) is 5.49. The predicted molar refractivity (Wildman–Crippen MR) is 125 cm³/mol. The van der Waals surface area contributed by atoms with Crippen molar-refractivity contribution in [1.82, 2.24) is 20.4 Å². The molecule has 2 rings (SSSR count). The van der Waals surface area contributed by atoms with E-state index >= 15 is 0 Å². The van der Waals surface area contributed by atoms with Gasteiger partial charge in [0.25, 0.3) is 0 Å². The van der Waals surface area contributed by atoms with E-state index in [0.717, 1.165) is 39.4 Å². The minimum Gasteiger partial charge on any atom is -0.379 e. The molecule has 8 heteroatoms. The molecule has 1 aliphatic carbocycles. The first-order valence-corrected chi connectivity index (χ1v) is 10.2. The maximum absolute atomic E-state index is 11.9. The number of halogens is 1. The van der Waals surface area contributed by atoms with Crippen molar-refractivity contribution in [3.8, 4) is 0 Å². The van der Waals surface area contributed by atoms with Crippen LogP contribution in [0.2, 0.25) is 0 Å². The highest BCUT2D eigenvalue weighted by molar-refractivity contribution is 14.0. The number of guanidine groups is 1. The van der Waals surface area contributed by atoms with Crippen molar-refractivity contribution in [3.05, 3.63) is 12.7 Å². The van der Waals surface area contributed by atoms with E-state index in [0.29, 0.717) is 12.5 Å². The molecule has 2 aliphatic rings. The van der Waals surface area contributed by atoms with Crippen molar-refractivity contribution in [2.45, 2.75) is 32.1 Å². The van der Waals surface area contributed by atoms with Crippen LogP contribution in [0.3, 0.4) is 0 Å². The molecule has 2 N–H and O–H groups in total. The Morgan fingerprint density at radius 1 is 1.21 bits per heavy atom. The Labute approximate surface area is 187 Å². The number of carbonyl (C=O) groups is 1. The molecule has 1 saturated heterocycles. The summed E-state index contributed by atoms with van der Waals surface area (Å²) in [5.74, 6) is 0.687. The maximum atomic E-state index is 11.9. The van der Waals surface area contributed by atoms with Gasteiger partial charge in [-0.1, -0.05) is 25.3 Å². The van der Waals surface area contributed by atoms with E-state index in [2.05, 4.69) is 27.1 Å². The lowest BCUT2D eigenvalue weighted by Crippen LogP contribution is -2.51. The van der Waals surface area contributed by atoms with Crippen LogP contribution in [0.4, 0.5) is 0 Å². The van der Waals surface area contributed by atoms with E-state index in [1.54, 1.807) is 25.1 Å². The van der Waals surface area contributed by atoms with Crippen LogP contribution < -0.4 is 10.6 Å². The molecule has 0 unspecified atom stereocenters. The van der Waals surface area contributed by atoms with Gasteiger partial charge >= 0.3 is 0 Å². The smallest absolute Gasteiger partial charge is 0.243 e. The van der Waals surface area contributed by atoms with Crippen LogP contribution in [-0.4, -0.2) is 88.2 Å². The third-order valence-electron chi connectivity index (χ3n) is 5.49. The number of hydrogen-bond acceptors (Lipinski definition) is 4. The Morgan fingerprint density at radius 3 is 2.50 bits per heavy atom. The van der Waals surface area contributed by atoms with Crippen molar-refractivity contribution >= 4 is 35.8 Å². The van der Waals surface area contributed by atoms with E-state index < -0.39 is 0 Å². The van der Waals surface area contributed by atoms with Crippen molar-refractivity contribution in [2.75, 3.05) is 66.6 Å². The lowest BCUT2D eigenvalue weighted by atomic mass is 9.73. The molecule has 7 nitrogen and oxygen atoms in total. The summed E-state index contributed by atoms with van der Waals surface area (Å²) in [5, 5.41) is 6.75. The Kier molecular flexibility index (Phi) is 12.0. The van der Waals surface area contributed by atoms with E-state index in [-0.39, 0.29) is 41.8 Å². The molecule has 28 heavy (non-hydrogen) atoms. The van der Waals surface area contributed by atoms with Crippen LogP contribution in [0.5, 0.6) is 0 Å². The summed E-state index contributed by atoms with van der Waals surface area (Å²) >= 11 is 0. The second-order valence-corrected chi connectivity index (χ2v) is 7.93. The zero-order valence-corrected chi connectivity index (χ0v) is 19.9. The number of aliphatic imine (C=N–C) groups is 1. The quantitative estimate of drug-likeness (QED) is 0.227. The fourth-order valence-electron chi connectivity index (χ4n) is 3.83. The summed E-state index contributed by atoms with van der Waals surface area (Å²) in [6.45, 7) is 10.2. The van der Waals surface area contributed by atoms with Gasteiger partial charge in [-0.05, 0) is 12.8 Å². The molecule has 0 radical (unpaired) electrons. The van der Waals surface area contributed by atoms with Crippen molar-refractivity contribution in [2.24, 2.45) is 10.4 Å². The SMILES string of the molecule is C=CCNC(=NCC(=O)N(C)C)NCC1(CN2CCOCC2)CCCCC1.I. The number of nitrogens with zero attached hydrogens (tertiary/aromatic N) is 3. The molecule has 0 spiro atoms. The minimum atomic E-state index is -0.00426. The summed E-state index contributed by atoms with van der Waals surface area (Å²) < 4.78 is 5.51. The topological polar surface area (TPSA) is 69.2 Å². The van der Waals surface area contributed by atoms with Gasteiger partial charge in [0.2, 0.25) is 5.91 Å². The lowest BCUT2D eigenvalue weighted by molar-refractivity contribution is -0.127. The first kappa shape index (κ1) is 25.2. The average Bonchev–Trinajstić information content (AvgIpc) is 2.68. The van der Waals surface area contributed by atoms with E-state index in [9.17, 15) is 4.79 Å². The first-order chi connectivity index (χ1) is 13.0. The summed E-state index contributed by atoms with van der Waals surface area (Å²) in [6.07, 6.45) is 8.19. The second kappa shape index (κ2) is 13.4. The second-order valence-electron chi connectivity index (χ2n) is 7.93. The zero-order valence-electron chi connectivity index (χ0n) is 17.5.